The van der Waals surface area contributed by atoms with Gasteiger partial charge in [-0.25, -0.2) is 0 Å². The summed E-state index contributed by atoms with van der Waals surface area (Å²) in [5, 5.41) is 10.5. The maximum absolute atomic E-state index is 10.5. The lowest BCUT2D eigenvalue weighted by Gasteiger charge is -2.15. The van der Waals surface area contributed by atoms with Crippen LogP contribution in [0.2, 0.25) is 0 Å². The van der Waals surface area contributed by atoms with Crippen LogP contribution in [-0.2, 0) is 0 Å². The Labute approximate surface area is 113 Å². The zero-order chi connectivity index (χ0) is 13.2. The molecule has 1 aliphatic rings. The summed E-state index contributed by atoms with van der Waals surface area (Å²) in [6.45, 7) is 2.02. The first-order valence-electron chi connectivity index (χ1n) is 6.74. The Morgan fingerprint density at radius 1 is 1.11 bits per heavy atom. The molecule has 2 aromatic rings. The van der Waals surface area contributed by atoms with Gasteiger partial charge in [-0.15, -0.1) is 0 Å². The second kappa shape index (κ2) is 5.06. The van der Waals surface area contributed by atoms with E-state index in [-0.39, 0.29) is 0 Å². The number of hydrogen-bond acceptors (Lipinski definition) is 2. The average molecular weight is 254 g/mol. The monoisotopic (exact) mass is 254 g/mol. The Morgan fingerprint density at radius 2 is 1.89 bits per heavy atom. The molecule has 2 aromatic carbocycles. The summed E-state index contributed by atoms with van der Waals surface area (Å²) in [7, 11) is 0. The first kappa shape index (κ1) is 12.2. The number of aliphatic hydroxyl groups excluding tert-OH is 1. The van der Waals surface area contributed by atoms with Crippen molar-refractivity contribution in [1.82, 2.24) is 0 Å². The minimum Gasteiger partial charge on any atom is -0.490 e. The molecule has 1 fully saturated rings. The highest BCUT2D eigenvalue weighted by Crippen LogP contribution is 2.30. The minimum atomic E-state index is -0.594. The Kier molecular flexibility index (Phi) is 3.26. The molecule has 0 aromatic heterocycles. The third-order valence-electron chi connectivity index (χ3n) is 3.48. The van der Waals surface area contributed by atoms with Crippen LogP contribution in [0.15, 0.2) is 48.5 Å². The molecule has 0 amide bonds. The van der Waals surface area contributed by atoms with Crippen molar-refractivity contribution >= 4 is 0 Å². The Balaban J connectivity index is 1.86. The van der Waals surface area contributed by atoms with Crippen LogP contribution >= 0.6 is 0 Å². The second-order valence-corrected chi connectivity index (χ2v) is 5.15. The van der Waals surface area contributed by atoms with E-state index in [1.54, 1.807) is 0 Å². The topological polar surface area (TPSA) is 29.5 Å². The standard InChI is InChI=1S/C17H18O2/c1-12-5-2-3-8-16(12)17(18)13-6-4-7-15(11-13)19-14-9-10-14/h2-8,11,14,17-18H,9-10H2,1H3. The van der Waals surface area contributed by atoms with Crippen LogP contribution in [-0.4, -0.2) is 11.2 Å². The quantitative estimate of drug-likeness (QED) is 0.903. The van der Waals surface area contributed by atoms with Gasteiger partial charge in [-0.1, -0.05) is 36.4 Å². The van der Waals surface area contributed by atoms with E-state index in [9.17, 15) is 5.11 Å². The summed E-state index contributed by atoms with van der Waals surface area (Å²) in [5.41, 5.74) is 2.93. The zero-order valence-electron chi connectivity index (χ0n) is 11.0. The van der Waals surface area contributed by atoms with Crippen molar-refractivity contribution in [3.05, 3.63) is 65.2 Å². The van der Waals surface area contributed by atoms with Crippen molar-refractivity contribution in [3.63, 3.8) is 0 Å². The molecular weight excluding hydrogens is 236 g/mol. The first-order valence-corrected chi connectivity index (χ1v) is 6.74. The molecule has 0 heterocycles. The van der Waals surface area contributed by atoms with Crippen molar-refractivity contribution in [2.75, 3.05) is 0 Å². The highest BCUT2D eigenvalue weighted by Gasteiger charge is 2.23. The molecule has 0 spiro atoms. The largest absolute Gasteiger partial charge is 0.490 e. The SMILES string of the molecule is Cc1ccccc1C(O)c1cccc(OC2CC2)c1. The number of benzene rings is 2. The number of aliphatic hydroxyl groups is 1. The lowest BCUT2D eigenvalue weighted by atomic mass is 9.97. The highest BCUT2D eigenvalue weighted by molar-refractivity contribution is 5.38. The summed E-state index contributed by atoms with van der Waals surface area (Å²) in [4.78, 5) is 0. The lowest BCUT2D eigenvalue weighted by Crippen LogP contribution is -2.03. The van der Waals surface area contributed by atoms with E-state index in [1.807, 2.05) is 55.5 Å². The van der Waals surface area contributed by atoms with Gasteiger partial charge >= 0.3 is 0 Å². The van der Waals surface area contributed by atoms with Gasteiger partial charge in [0.05, 0.1) is 6.10 Å². The van der Waals surface area contributed by atoms with Crippen LogP contribution in [0, 0.1) is 6.92 Å². The molecule has 3 rings (SSSR count). The molecule has 1 saturated carbocycles. The number of rotatable bonds is 4. The molecule has 0 aliphatic heterocycles. The van der Waals surface area contributed by atoms with Crippen LogP contribution in [0.5, 0.6) is 5.75 Å². The van der Waals surface area contributed by atoms with E-state index < -0.39 is 6.10 Å². The Bertz CT molecular complexity index is 573. The van der Waals surface area contributed by atoms with Crippen LogP contribution in [0.1, 0.15) is 35.6 Å². The zero-order valence-corrected chi connectivity index (χ0v) is 11.0. The molecule has 0 bridgehead atoms. The molecule has 2 heteroatoms. The third kappa shape index (κ3) is 2.79. The van der Waals surface area contributed by atoms with Crippen molar-refractivity contribution in [2.45, 2.75) is 32.0 Å². The average Bonchev–Trinajstić information content (AvgIpc) is 3.23. The van der Waals surface area contributed by atoms with Crippen molar-refractivity contribution in [1.29, 1.82) is 0 Å². The van der Waals surface area contributed by atoms with E-state index in [1.165, 1.54) is 0 Å². The highest BCUT2D eigenvalue weighted by atomic mass is 16.5. The normalized spacial score (nSPS) is 16.1. The third-order valence-corrected chi connectivity index (χ3v) is 3.48. The fourth-order valence-electron chi connectivity index (χ4n) is 2.21. The van der Waals surface area contributed by atoms with Crippen LogP contribution < -0.4 is 4.74 Å². The molecular formula is C17H18O2. The van der Waals surface area contributed by atoms with Crippen molar-refractivity contribution in [3.8, 4) is 5.75 Å². The fraction of sp³-hybridized carbons (Fsp3) is 0.294. The second-order valence-electron chi connectivity index (χ2n) is 5.15. The van der Waals surface area contributed by atoms with Gasteiger partial charge in [0.2, 0.25) is 0 Å². The fourth-order valence-corrected chi connectivity index (χ4v) is 2.21. The molecule has 1 unspecified atom stereocenters. The number of aryl methyl sites for hydroxylation is 1. The number of ether oxygens (including phenoxy) is 1. The molecule has 1 aliphatic carbocycles. The summed E-state index contributed by atoms with van der Waals surface area (Å²) >= 11 is 0. The van der Waals surface area contributed by atoms with E-state index in [4.69, 9.17) is 4.74 Å². The van der Waals surface area contributed by atoms with E-state index in [0.29, 0.717) is 6.10 Å². The molecule has 0 saturated heterocycles. The van der Waals surface area contributed by atoms with E-state index >= 15 is 0 Å². The number of hydrogen-bond donors (Lipinski definition) is 1. The van der Waals surface area contributed by atoms with Crippen LogP contribution in [0.3, 0.4) is 0 Å². The predicted molar refractivity (Wildman–Crippen MR) is 75.3 cm³/mol. The van der Waals surface area contributed by atoms with Gasteiger partial charge in [-0.05, 0) is 48.6 Å². The van der Waals surface area contributed by atoms with Crippen LogP contribution in [0.25, 0.3) is 0 Å². The minimum absolute atomic E-state index is 0.380. The summed E-state index contributed by atoms with van der Waals surface area (Å²) < 4.78 is 5.77. The van der Waals surface area contributed by atoms with Gasteiger partial charge in [0.15, 0.2) is 0 Å². The van der Waals surface area contributed by atoms with Crippen molar-refractivity contribution in [2.24, 2.45) is 0 Å². The van der Waals surface area contributed by atoms with E-state index in [0.717, 1.165) is 35.3 Å². The van der Waals surface area contributed by atoms with Crippen LogP contribution in [0.4, 0.5) is 0 Å². The molecule has 1 N–H and O–H groups in total. The lowest BCUT2D eigenvalue weighted by molar-refractivity contribution is 0.218. The van der Waals surface area contributed by atoms with Gasteiger partial charge in [0, 0.05) is 0 Å². The van der Waals surface area contributed by atoms with Crippen molar-refractivity contribution < 1.29 is 9.84 Å². The van der Waals surface area contributed by atoms with Gasteiger partial charge in [-0.2, -0.15) is 0 Å². The predicted octanol–water partition coefficient (Wildman–Crippen LogP) is 3.62. The maximum Gasteiger partial charge on any atom is 0.120 e. The molecule has 0 radical (unpaired) electrons. The summed E-state index contributed by atoms with van der Waals surface area (Å²) in [5.74, 6) is 0.854. The van der Waals surface area contributed by atoms with Gasteiger partial charge in [0.25, 0.3) is 0 Å². The molecule has 98 valence electrons. The molecule has 1 atom stereocenters. The molecule has 19 heavy (non-hydrogen) atoms. The van der Waals surface area contributed by atoms with Gasteiger partial charge in [0.1, 0.15) is 11.9 Å². The summed E-state index contributed by atoms with van der Waals surface area (Å²) in [6, 6.07) is 15.7. The molecule has 2 nitrogen and oxygen atoms in total. The van der Waals surface area contributed by atoms with Gasteiger partial charge < -0.3 is 9.84 Å². The van der Waals surface area contributed by atoms with E-state index in [2.05, 4.69) is 0 Å². The Morgan fingerprint density at radius 3 is 2.63 bits per heavy atom. The Hall–Kier alpha value is -1.80. The van der Waals surface area contributed by atoms with Gasteiger partial charge in [-0.3, -0.25) is 0 Å². The maximum atomic E-state index is 10.5. The smallest absolute Gasteiger partial charge is 0.120 e. The first-order chi connectivity index (χ1) is 9.24. The summed E-state index contributed by atoms with van der Waals surface area (Å²) in [6.07, 6.45) is 2.07.